The first-order chi connectivity index (χ1) is 12.5. The second-order valence-corrected chi connectivity index (χ2v) is 7.27. The minimum atomic E-state index is 0.216. The average molecular weight is 366 g/mol. The van der Waals surface area contributed by atoms with Crippen molar-refractivity contribution < 1.29 is 4.74 Å². The second-order valence-electron chi connectivity index (χ2n) is 6.87. The lowest BCUT2D eigenvalue weighted by molar-refractivity contribution is 0.143. The maximum Gasteiger partial charge on any atom is 0.121 e. The van der Waals surface area contributed by atoms with Gasteiger partial charge in [-0.15, -0.1) is 6.42 Å². The molecule has 0 saturated heterocycles. The molecule has 1 fully saturated rings. The quantitative estimate of drug-likeness (QED) is 0.698. The van der Waals surface area contributed by atoms with Crippen molar-refractivity contribution in [2.75, 3.05) is 0 Å². The molecule has 2 aromatic rings. The van der Waals surface area contributed by atoms with Crippen molar-refractivity contribution in [1.29, 1.82) is 0 Å². The number of terminal acetylenes is 1. The zero-order chi connectivity index (χ0) is 18.5. The van der Waals surface area contributed by atoms with Gasteiger partial charge in [-0.25, -0.2) is 0 Å². The topological polar surface area (TPSA) is 21.3 Å². The zero-order valence-electron chi connectivity index (χ0n) is 15.1. The Balaban J connectivity index is 1.49. The van der Waals surface area contributed by atoms with E-state index in [1.807, 2.05) is 12.1 Å². The first-order valence-corrected chi connectivity index (χ1v) is 9.38. The molecule has 1 N–H and O–H groups in total. The number of halogens is 1. The monoisotopic (exact) mass is 365 g/mol. The molecule has 134 valence electrons. The van der Waals surface area contributed by atoms with E-state index in [0.29, 0.717) is 16.6 Å². The third-order valence-corrected chi connectivity index (χ3v) is 5.16. The average Bonchev–Trinajstić information content (AvgIpc) is 2.64. The molecule has 0 unspecified atom stereocenters. The largest absolute Gasteiger partial charge is 0.490 e. The van der Waals surface area contributed by atoms with E-state index in [2.05, 4.69) is 49.0 Å². The first-order valence-electron chi connectivity index (χ1n) is 9.00. The Bertz CT molecular complexity index is 811. The van der Waals surface area contributed by atoms with Crippen LogP contribution in [0.2, 0.25) is 5.02 Å². The molecule has 3 heteroatoms. The summed E-state index contributed by atoms with van der Waals surface area (Å²) in [6.45, 7) is 6.28. The number of hydrogen-bond donors (Lipinski definition) is 1. The van der Waals surface area contributed by atoms with Gasteiger partial charge in [-0.1, -0.05) is 53.9 Å². The van der Waals surface area contributed by atoms with E-state index in [-0.39, 0.29) is 6.10 Å². The summed E-state index contributed by atoms with van der Waals surface area (Å²) in [5, 5.41) is 4.13. The molecule has 0 heterocycles. The maximum absolute atomic E-state index is 6.15. The fraction of sp³-hybridized carbons (Fsp3) is 0.304. The number of ether oxygens (including phenoxy) is 1. The minimum absolute atomic E-state index is 0.216. The molecule has 1 saturated carbocycles. The summed E-state index contributed by atoms with van der Waals surface area (Å²) in [5.74, 6) is 3.35. The van der Waals surface area contributed by atoms with Crippen LogP contribution in [0.25, 0.3) is 5.70 Å². The standard InChI is InChI=1S/C23H24ClNO/c1-4-18-9-12-22(15-23(18)24)26-21-13-10-20(11-14-21)25-17(3)19-7-5-16(2)6-8-19/h1,5-9,12,15,20-21,25H,3,10-11,13-14H2,2H3/t20-,21-. The molecule has 0 bridgehead atoms. The van der Waals surface area contributed by atoms with Crippen LogP contribution in [0, 0.1) is 19.3 Å². The number of rotatable bonds is 5. The van der Waals surface area contributed by atoms with Gasteiger partial charge in [0.05, 0.1) is 11.1 Å². The van der Waals surface area contributed by atoms with E-state index in [4.69, 9.17) is 22.8 Å². The highest BCUT2D eigenvalue weighted by Crippen LogP contribution is 2.28. The van der Waals surface area contributed by atoms with Crippen LogP contribution < -0.4 is 10.1 Å². The van der Waals surface area contributed by atoms with Crippen molar-refractivity contribution in [2.45, 2.75) is 44.8 Å². The van der Waals surface area contributed by atoms with Crippen LogP contribution in [0.3, 0.4) is 0 Å². The van der Waals surface area contributed by atoms with Gasteiger partial charge in [0.2, 0.25) is 0 Å². The molecule has 0 aliphatic heterocycles. The van der Waals surface area contributed by atoms with Crippen LogP contribution >= 0.6 is 11.6 Å². The lowest BCUT2D eigenvalue weighted by Gasteiger charge is -2.30. The number of nitrogens with one attached hydrogen (secondary N) is 1. The summed E-state index contributed by atoms with van der Waals surface area (Å²) < 4.78 is 6.08. The van der Waals surface area contributed by atoms with E-state index in [1.165, 1.54) is 5.56 Å². The van der Waals surface area contributed by atoms with Crippen molar-refractivity contribution >= 4 is 17.3 Å². The summed E-state index contributed by atoms with van der Waals surface area (Å²) >= 11 is 6.15. The van der Waals surface area contributed by atoms with Gasteiger partial charge in [-0.3, -0.25) is 0 Å². The molecule has 0 atom stereocenters. The van der Waals surface area contributed by atoms with Gasteiger partial charge in [0, 0.05) is 23.4 Å². The Morgan fingerprint density at radius 2 is 1.85 bits per heavy atom. The third-order valence-electron chi connectivity index (χ3n) is 4.85. The van der Waals surface area contributed by atoms with Gasteiger partial charge < -0.3 is 10.1 Å². The molecule has 2 nitrogen and oxygen atoms in total. The predicted octanol–water partition coefficient (Wildman–Crippen LogP) is 5.58. The fourth-order valence-electron chi connectivity index (χ4n) is 3.29. The zero-order valence-corrected chi connectivity index (χ0v) is 15.9. The Morgan fingerprint density at radius 1 is 1.15 bits per heavy atom. The van der Waals surface area contributed by atoms with Crippen molar-refractivity contribution in [3.8, 4) is 18.1 Å². The van der Waals surface area contributed by atoms with Crippen molar-refractivity contribution in [2.24, 2.45) is 0 Å². The van der Waals surface area contributed by atoms with E-state index < -0.39 is 0 Å². The van der Waals surface area contributed by atoms with Gasteiger partial charge in [-0.2, -0.15) is 0 Å². The number of hydrogen-bond acceptors (Lipinski definition) is 2. The minimum Gasteiger partial charge on any atom is -0.490 e. The van der Waals surface area contributed by atoms with Crippen molar-refractivity contribution in [3.63, 3.8) is 0 Å². The highest BCUT2D eigenvalue weighted by atomic mass is 35.5. The summed E-state index contributed by atoms with van der Waals surface area (Å²) in [6, 6.07) is 14.4. The maximum atomic E-state index is 6.15. The SMILES string of the molecule is C#Cc1ccc(O[C@H]2CC[C@H](NC(=C)c3ccc(C)cc3)CC2)cc1Cl. The molecule has 2 aromatic carbocycles. The van der Waals surface area contributed by atoms with Gasteiger partial charge in [-0.05, 0) is 50.3 Å². The van der Waals surface area contributed by atoms with Crippen molar-refractivity contribution in [3.05, 3.63) is 70.8 Å². The molecule has 1 aliphatic carbocycles. The second kappa shape index (κ2) is 8.34. The van der Waals surface area contributed by atoms with Gasteiger partial charge in [0.15, 0.2) is 0 Å². The molecule has 3 rings (SSSR count). The van der Waals surface area contributed by atoms with E-state index in [1.54, 1.807) is 6.07 Å². The number of benzene rings is 2. The lowest BCUT2D eigenvalue weighted by Crippen LogP contribution is -2.35. The smallest absolute Gasteiger partial charge is 0.121 e. The summed E-state index contributed by atoms with van der Waals surface area (Å²) in [4.78, 5) is 0. The van der Waals surface area contributed by atoms with Crippen molar-refractivity contribution in [1.82, 2.24) is 5.32 Å². The Kier molecular flexibility index (Phi) is 5.91. The van der Waals surface area contributed by atoms with Crippen LogP contribution in [0.1, 0.15) is 42.4 Å². The normalized spacial score (nSPS) is 19.4. The lowest BCUT2D eigenvalue weighted by atomic mass is 9.92. The van der Waals surface area contributed by atoms with Gasteiger partial charge in [0.25, 0.3) is 0 Å². The van der Waals surface area contributed by atoms with Gasteiger partial charge in [0.1, 0.15) is 5.75 Å². The highest BCUT2D eigenvalue weighted by Gasteiger charge is 2.23. The third kappa shape index (κ3) is 4.62. The molecule has 26 heavy (non-hydrogen) atoms. The van der Waals surface area contributed by atoms with Crippen LogP contribution in [-0.4, -0.2) is 12.1 Å². The Hall–Kier alpha value is -2.37. The summed E-state index contributed by atoms with van der Waals surface area (Å²) in [6.07, 6.45) is 9.75. The molecule has 0 aromatic heterocycles. The molecule has 0 spiro atoms. The van der Waals surface area contributed by atoms with Crippen LogP contribution in [0.5, 0.6) is 5.75 Å². The molecular formula is C23H24ClNO. The summed E-state index contributed by atoms with van der Waals surface area (Å²) in [7, 11) is 0. The molecule has 0 radical (unpaired) electrons. The Morgan fingerprint density at radius 3 is 2.46 bits per heavy atom. The van der Waals surface area contributed by atoms with Crippen LogP contribution in [0.4, 0.5) is 0 Å². The molecule has 1 aliphatic rings. The van der Waals surface area contributed by atoms with Gasteiger partial charge >= 0.3 is 0 Å². The summed E-state index contributed by atoms with van der Waals surface area (Å²) in [5.41, 5.74) is 4.10. The van der Waals surface area contributed by atoms with E-state index in [0.717, 1.165) is 42.7 Å². The molecular weight excluding hydrogens is 342 g/mol. The van der Waals surface area contributed by atoms with E-state index in [9.17, 15) is 0 Å². The first kappa shape index (κ1) is 18.4. The predicted molar refractivity (Wildman–Crippen MR) is 109 cm³/mol. The Labute approximate surface area is 161 Å². The van der Waals surface area contributed by atoms with Crippen LogP contribution in [-0.2, 0) is 0 Å². The number of aryl methyl sites for hydroxylation is 1. The van der Waals surface area contributed by atoms with Crippen LogP contribution in [0.15, 0.2) is 49.0 Å². The molecule has 0 amide bonds. The fourth-order valence-corrected chi connectivity index (χ4v) is 3.51. The van der Waals surface area contributed by atoms with E-state index >= 15 is 0 Å². The highest BCUT2D eigenvalue weighted by molar-refractivity contribution is 6.31.